The fourth-order valence-corrected chi connectivity index (χ4v) is 8.92. The summed E-state index contributed by atoms with van der Waals surface area (Å²) in [5.41, 5.74) is 19.9. The lowest BCUT2D eigenvalue weighted by molar-refractivity contribution is -0.146. The number of rotatable bonds is 30. The third kappa shape index (κ3) is 17.4. The fraction of sp³-hybridized carbons (Fsp3) is 0.471. The summed E-state index contributed by atoms with van der Waals surface area (Å²) in [4.78, 5) is 138. The van der Waals surface area contributed by atoms with E-state index in [-0.39, 0.29) is 64.0 Å². The minimum atomic E-state index is -1.72. The first-order valence-electron chi connectivity index (χ1n) is 25.3. The molecule has 4 aromatic rings. The maximum atomic E-state index is 15.1. The number of guanidine groups is 1. The summed E-state index contributed by atoms with van der Waals surface area (Å²) in [6, 6.07) is 4.62. The molecule has 0 saturated heterocycles. The minimum Gasteiger partial charge on any atom is -0.481 e. The van der Waals surface area contributed by atoms with Gasteiger partial charge in [0.05, 0.1) is 12.7 Å². The Morgan fingerprint density at radius 2 is 1.34 bits per heavy atom. The van der Waals surface area contributed by atoms with Gasteiger partial charge in [0.1, 0.15) is 42.3 Å². The van der Waals surface area contributed by atoms with Crippen LogP contribution in [0.3, 0.4) is 0 Å². The van der Waals surface area contributed by atoms with Gasteiger partial charge in [0.2, 0.25) is 41.4 Å². The summed E-state index contributed by atoms with van der Waals surface area (Å²) in [7, 11) is 0. The Morgan fingerprint density at radius 3 is 2.00 bits per heavy atom. The number of nitrogens with zero attached hydrogens (tertiary/aromatic N) is 3. The first-order chi connectivity index (χ1) is 36.4. The number of aliphatic imine (C=N–C) groups is 1. The second-order valence-corrected chi connectivity index (χ2v) is 18.7. The fourth-order valence-electron chi connectivity index (χ4n) is 8.92. The number of hydrogen-bond donors (Lipinski definition) is 13. The second kappa shape index (κ2) is 28.9. The number of nitrogens with one attached hydrogen (secondary N) is 8. The van der Waals surface area contributed by atoms with Gasteiger partial charge in [-0.05, 0) is 67.8 Å². The number of nitrogens with two attached hydrogens (primary N) is 3. The van der Waals surface area contributed by atoms with Crippen LogP contribution < -0.4 is 49.1 Å². The number of carboxylic acid groups (broad SMARTS) is 2. The number of fused-ring (bicyclic) bond motifs is 2. The van der Waals surface area contributed by atoms with Gasteiger partial charge in [-0.15, -0.1) is 0 Å². The van der Waals surface area contributed by atoms with Crippen LogP contribution in [0.2, 0.25) is 0 Å². The number of aromatic nitrogens is 3. The molecule has 5 rings (SSSR count). The summed E-state index contributed by atoms with van der Waals surface area (Å²) in [5, 5.41) is 36.4. The molecule has 0 unspecified atom stereocenters. The number of imidazole rings is 1. The Hall–Kier alpha value is -8.35. The molecule has 0 spiro atoms. The van der Waals surface area contributed by atoms with E-state index >= 15 is 4.79 Å². The lowest BCUT2D eigenvalue weighted by atomic mass is 9.92. The van der Waals surface area contributed by atoms with Gasteiger partial charge < -0.3 is 74.2 Å². The molecule has 0 aliphatic carbocycles. The van der Waals surface area contributed by atoms with Crippen LogP contribution in [0, 0.1) is 0 Å². The van der Waals surface area contributed by atoms with Crippen LogP contribution in [0.5, 0.6) is 0 Å². The Labute approximate surface area is 438 Å². The monoisotopic (exact) mass is 1050 g/mol. The van der Waals surface area contributed by atoms with E-state index in [0.29, 0.717) is 54.6 Å². The normalized spacial score (nSPS) is 15.3. The SMILES string of the molecule is CCCC[C@H](NC(C)=O)C(=O)N[C@@H](CC(=O)O)C(=O)N[C@@H](Cc1cnc[nH]1)C(=O)N1Cc2ccccc2C[C@@H]1C(=O)N[C@@H](CCCN=C(N)N)C(=O)N[C@@H](Cc1c[nH]c2ccccc12)C(=O)N[C@@H](CCCCN)C(=O)O. The molecule has 25 nitrogen and oxygen atoms in total. The highest BCUT2D eigenvalue weighted by molar-refractivity contribution is 5.99. The average molecular weight is 1060 g/mol. The van der Waals surface area contributed by atoms with Crippen molar-refractivity contribution in [2.75, 3.05) is 13.1 Å². The molecule has 1 aliphatic heterocycles. The van der Waals surface area contributed by atoms with Gasteiger partial charge in [0.25, 0.3) is 0 Å². The van der Waals surface area contributed by atoms with E-state index in [1.807, 2.05) is 25.1 Å². The van der Waals surface area contributed by atoms with Crippen LogP contribution in [-0.4, -0.2) is 145 Å². The Kier molecular flexibility index (Phi) is 22.3. The maximum absolute atomic E-state index is 15.1. The molecule has 2 aromatic carbocycles. The standard InChI is InChI=1S/C51H70N14O11/c1-3-4-15-36(59-29(2)66)44(69)63-40(24-43(67)68)47(72)64-41(23-33-26-55-28-58-33)49(74)65-27-31-13-6-5-12-30(31)22-42(65)48(73)60-37(18-11-20-56-51(53)54)45(70)62-39(21-32-25-57-35-16-8-7-14-34(32)35)46(71)61-38(50(75)76)17-9-10-19-52/h5-8,12-14,16,25-26,28,36-42,57H,3-4,9-11,15,17-24,27,52H2,1-2H3,(H,55,58)(H,59,66)(H,60,73)(H,61,71)(H,62,70)(H,63,69)(H,64,72)(H,67,68)(H,75,76)(H4,53,54,56)/t36-,37-,38-,39-,40-,41-,42+/m0/s1. The number of benzene rings is 2. The summed E-state index contributed by atoms with van der Waals surface area (Å²) >= 11 is 0. The van der Waals surface area contributed by atoms with Crippen molar-refractivity contribution in [3.8, 4) is 0 Å². The zero-order valence-electron chi connectivity index (χ0n) is 42.6. The van der Waals surface area contributed by atoms with Crippen LogP contribution in [0.4, 0.5) is 0 Å². The second-order valence-electron chi connectivity index (χ2n) is 18.7. The van der Waals surface area contributed by atoms with Crippen molar-refractivity contribution in [2.45, 2.75) is 140 Å². The lowest BCUT2D eigenvalue weighted by Crippen LogP contribution is -2.62. The predicted molar refractivity (Wildman–Crippen MR) is 278 cm³/mol. The molecule has 16 N–H and O–H groups in total. The van der Waals surface area contributed by atoms with Gasteiger partial charge in [0.15, 0.2) is 5.96 Å². The number of aromatic amines is 2. The molecule has 0 saturated carbocycles. The molecular weight excluding hydrogens is 985 g/mol. The molecule has 76 heavy (non-hydrogen) atoms. The number of amides is 7. The van der Waals surface area contributed by atoms with Crippen molar-refractivity contribution in [1.29, 1.82) is 0 Å². The van der Waals surface area contributed by atoms with Crippen molar-refractivity contribution in [3.05, 3.63) is 89.6 Å². The van der Waals surface area contributed by atoms with Gasteiger partial charge in [-0.3, -0.25) is 43.3 Å². The van der Waals surface area contributed by atoms with Crippen LogP contribution >= 0.6 is 0 Å². The van der Waals surface area contributed by atoms with Crippen LogP contribution in [0.15, 0.2) is 72.2 Å². The van der Waals surface area contributed by atoms with E-state index in [2.05, 4.69) is 51.8 Å². The molecule has 3 heterocycles. The van der Waals surface area contributed by atoms with Crippen molar-refractivity contribution >= 4 is 70.2 Å². The molecule has 410 valence electrons. The van der Waals surface area contributed by atoms with E-state index < -0.39 is 102 Å². The van der Waals surface area contributed by atoms with Gasteiger partial charge in [0, 0.05) is 68.3 Å². The molecule has 25 heteroatoms. The molecular formula is C51H70N14O11. The van der Waals surface area contributed by atoms with E-state index in [9.17, 15) is 48.6 Å². The third-order valence-corrected chi connectivity index (χ3v) is 12.9. The topological polar surface area (TPSA) is 404 Å². The van der Waals surface area contributed by atoms with Gasteiger partial charge in [-0.25, -0.2) is 9.78 Å². The highest BCUT2D eigenvalue weighted by Gasteiger charge is 2.41. The van der Waals surface area contributed by atoms with Crippen LogP contribution in [0.25, 0.3) is 10.9 Å². The Balaban J connectivity index is 1.47. The first kappa shape index (κ1) is 58.5. The van der Waals surface area contributed by atoms with Crippen molar-refractivity contribution < 1.29 is 53.4 Å². The van der Waals surface area contributed by atoms with Crippen molar-refractivity contribution in [3.63, 3.8) is 0 Å². The molecule has 2 aromatic heterocycles. The number of hydrogen-bond acceptors (Lipinski definition) is 12. The first-order valence-corrected chi connectivity index (χ1v) is 25.3. The quantitative estimate of drug-likeness (QED) is 0.0178. The largest absolute Gasteiger partial charge is 0.481 e. The number of para-hydroxylation sites is 1. The van der Waals surface area contributed by atoms with E-state index in [1.54, 1.807) is 36.5 Å². The lowest BCUT2D eigenvalue weighted by Gasteiger charge is -2.39. The van der Waals surface area contributed by atoms with Gasteiger partial charge in [-0.1, -0.05) is 62.2 Å². The van der Waals surface area contributed by atoms with E-state index in [4.69, 9.17) is 17.2 Å². The number of carbonyl (C=O) groups is 9. The molecule has 1 aliphatic rings. The molecule has 0 bridgehead atoms. The number of carboxylic acids is 2. The zero-order chi connectivity index (χ0) is 55.3. The Morgan fingerprint density at radius 1 is 0.724 bits per heavy atom. The maximum Gasteiger partial charge on any atom is 0.326 e. The van der Waals surface area contributed by atoms with E-state index in [0.717, 1.165) is 10.9 Å². The molecule has 0 fully saturated rings. The number of unbranched alkanes of at least 4 members (excludes halogenated alkanes) is 2. The highest BCUT2D eigenvalue weighted by atomic mass is 16.4. The summed E-state index contributed by atoms with van der Waals surface area (Å²) in [6.07, 6.45) is 5.60. The van der Waals surface area contributed by atoms with Crippen LogP contribution in [-0.2, 0) is 69.0 Å². The number of H-pyrrole nitrogens is 2. The summed E-state index contributed by atoms with van der Waals surface area (Å²) in [5.74, 6) is -8.54. The Bertz CT molecular complexity index is 2690. The minimum absolute atomic E-state index is 0.0384. The number of carbonyl (C=O) groups excluding carboxylic acids is 7. The summed E-state index contributed by atoms with van der Waals surface area (Å²) < 4.78 is 0. The smallest absolute Gasteiger partial charge is 0.326 e. The van der Waals surface area contributed by atoms with Gasteiger partial charge >= 0.3 is 11.9 Å². The molecule has 7 atom stereocenters. The predicted octanol–water partition coefficient (Wildman–Crippen LogP) is -0.510. The van der Waals surface area contributed by atoms with Crippen molar-refractivity contribution in [2.24, 2.45) is 22.2 Å². The zero-order valence-corrected chi connectivity index (χ0v) is 42.6. The molecule has 0 radical (unpaired) electrons. The van der Waals surface area contributed by atoms with Gasteiger partial charge in [-0.2, -0.15) is 0 Å². The molecule has 7 amide bonds. The van der Waals surface area contributed by atoms with Crippen LogP contribution in [0.1, 0.15) is 94.0 Å². The average Bonchev–Trinajstić information content (AvgIpc) is 4.06. The number of aliphatic carboxylic acids is 2. The highest BCUT2D eigenvalue weighted by Crippen LogP contribution is 2.26. The summed E-state index contributed by atoms with van der Waals surface area (Å²) in [6.45, 7) is 3.29. The van der Waals surface area contributed by atoms with E-state index in [1.165, 1.54) is 24.3 Å². The van der Waals surface area contributed by atoms with Crippen molar-refractivity contribution in [1.82, 2.24) is 51.8 Å². The third-order valence-electron chi connectivity index (χ3n) is 12.9.